The Hall–Kier alpha value is -3.58. The first-order chi connectivity index (χ1) is 16.7. The molecule has 5 rings (SSSR count). The van der Waals surface area contributed by atoms with Crippen molar-refractivity contribution in [1.82, 2.24) is 19.6 Å². The van der Waals surface area contributed by atoms with Crippen molar-refractivity contribution in [3.8, 4) is 0 Å². The predicted molar refractivity (Wildman–Crippen MR) is 134 cm³/mol. The standard InChI is InChI=1S/C27H31N5O2/c1-22(33)30-16-13-29(14-17-30)15-18-32-27-8-7-25(19-24(27)20-28-32)31-11-9-26(10-12-31)34-21-23-5-3-2-4-6-23/h2-11,19-20H,12-18,21H2,1H3. The second kappa shape index (κ2) is 10.1. The summed E-state index contributed by atoms with van der Waals surface area (Å²) in [5.74, 6) is 1.07. The second-order valence-corrected chi connectivity index (χ2v) is 8.81. The first-order valence-corrected chi connectivity index (χ1v) is 11.9. The van der Waals surface area contributed by atoms with E-state index in [1.54, 1.807) is 6.92 Å². The molecule has 0 bridgehead atoms. The van der Waals surface area contributed by atoms with Crippen LogP contribution in [0.5, 0.6) is 0 Å². The molecule has 0 saturated carbocycles. The molecule has 176 valence electrons. The van der Waals surface area contributed by atoms with Crippen LogP contribution in [0.3, 0.4) is 0 Å². The zero-order valence-corrected chi connectivity index (χ0v) is 19.6. The van der Waals surface area contributed by atoms with Gasteiger partial charge in [0.25, 0.3) is 0 Å². The van der Waals surface area contributed by atoms with Crippen LogP contribution in [-0.2, 0) is 22.7 Å². The number of nitrogens with zero attached hydrogens (tertiary/aromatic N) is 5. The molecule has 2 aliphatic rings. The molecule has 3 aromatic rings. The number of anilines is 1. The number of fused-ring (bicyclic) bond motifs is 1. The molecular formula is C27H31N5O2. The molecule has 1 fully saturated rings. The highest BCUT2D eigenvalue weighted by molar-refractivity contribution is 5.83. The lowest BCUT2D eigenvalue weighted by molar-refractivity contribution is -0.130. The van der Waals surface area contributed by atoms with E-state index in [9.17, 15) is 4.79 Å². The monoisotopic (exact) mass is 457 g/mol. The van der Waals surface area contributed by atoms with Gasteiger partial charge in [0, 0.05) is 63.5 Å². The van der Waals surface area contributed by atoms with Gasteiger partial charge in [-0.25, -0.2) is 0 Å². The van der Waals surface area contributed by atoms with E-state index in [2.05, 4.69) is 62.2 Å². The van der Waals surface area contributed by atoms with E-state index >= 15 is 0 Å². The average molecular weight is 458 g/mol. The quantitative estimate of drug-likeness (QED) is 0.542. The number of carbonyl (C=O) groups excluding carboxylic acids is 1. The molecule has 1 saturated heterocycles. The fourth-order valence-electron chi connectivity index (χ4n) is 4.47. The molecule has 2 aromatic carbocycles. The van der Waals surface area contributed by atoms with E-state index in [1.165, 1.54) is 5.56 Å². The average Bonchev–Trinajstić information content (AvgIpc) is 3.29. The van der Waals surface area contributed by atoms with E-state index in [0.717, 1.165) is 68.2 Å². The van der Waals surface area contributed by atoms with Gasteiger partial charge in [0.1, 0.15) is 12.4 Å². The summed E-state index contributed by atoms with van der Waals surface area (Å²) in [4.78, 5) is 18.0. The Bertz CT molecular complexity index is 1190. The summed E-state index contributed by atoms with van der Waals surface area (Å²) in [5.41, 5.74) is 3.46. The Kier molecular flexibility index (Phi) is 6.62. The summed E-state index contributed by atoms with van der Waals surface area (Å²) in [6, 6.07) is 16.7. The molecule has 7 nitrogen and oxygen atoms in total. The molecule has 1 aromatic heterocycles. The number of allylic oxidation sites excluding steroid dienone is 1. The van der Waals surface area contributed by atoms with Gasteiger partial charge in [0.2, 0.25) is 5.91 Å². The van der Waals surface area contributed by atoms with E-state index < -0.39 is 0 Å². The van der Waals surface area contributed by atoms with Crippen LogP contribution in [0, 0.1) is 0 Å². The van der Waals surface area contributed by atoms with Gasteiger partial charge in [0.05, 0.1) is 18.3 Å². The van der Waals surface area contributed by atoms with E-state index in [1.807, 2.05) is 35.4 Å². The maximum atomic E-state index is 11.5. The van der Waals surface area contributed by atoms with E-state index in [-0.39, 0.29) is 5.91 Å². The maximum absolute atomic E-state index is 11.5. The van der Waals surface area contributed by atoms with Crippen molar-refractivity contribution in [1.29, 1.82) is 0 Å². The van der Waals surface area contributed by atoms with Gasteiger partial charge in [-0.3, -0.25) is 14.4 Å². The fourth-order valence-corrected chi connectivity index (χ4v) is 4.47. The molecule has 0 aliphatic carbocycles. The van der Waals surface area contributed by atoms with Crippen LogP contribution in [0.2, 0.25) is 0 Å². The molecule has 0 atom stereocenters. The Balaban J connectivity index is 1.15. The molecule has 34 heavy (non-hydrogen) atoms. The van der Waals surface area contributed by atoms with Crippen molar-refractivity contribution in [2.45, 2.75) is 20.1 Å². The highest BCUT2D eigenvalue weighted by atomic mass is 16.5. The molecule has 0 spiro atoms. The van der Waals surface area contributed by atoms with Crippen molar-refractivity contribution in [2.24, 2.45) is 0 Å². The molecule has 7 heteroatoms. The Morgan fingerprint density at radius 1 is 1.03 bits per heavy atom. The van der Waals surface area contributed by atoms with Gasteiger partial charge in [-0.2, -0.15) is 5.10 Å². The first kappa shape index (κ1) is 22.2. The van der Waals surface area contributed by atoms with Crippen molar-refractivity contribution >= 4 is 22.5 Å². The number of rotatable bonds is 7. The zero-order chi connectivity index (χ0) is 23.3. The molecule has 0 N–H and O–H groups in total. The van der Waals surface area contributed by atoms with Crippen LogP contribution < -0.4 is 4.90 Å². The minimum atomic E-state index is 0.170. The maximum Gasteiger partial charge on any atom is 0.219 e. The number of piperazine rings is 1. The number of amides is 1. The van der Waals surface area contributed by atoms with Crippen LogP contribution >= 0.6 is 0 Å². The van der Waals surface area contributed by atoms with Crippen molar-refractivity contribution in [2.75, 3.05) is 44.2 Å². The molecule has 0 unspecified atom stereocenters. The lowest BCUT2D eigenvalue weighted by atomic mass is 10.2. The third-order valence-electron chi connectivity index (χ3n) is 6.56. The lowest BCUT2D eigenvalue weighted by Gasteiger charge is -2.34. The molecule has 0 radical (unpaired) electrons. The third-order valence-corrected chi connectivity index (χ3v) is 6.56. The molecular weight excluding hydrogens is 426 g/mol. The topological polar surface area (TPSA) is 53.8 Å². The van der Waals surface area contributed by atoms with Crippen molar-refractivity contribution in [3.05, 3.63) is 84.4 Å². The summed E-state index contributed by atoms with van der Waals surface area (Å²) in [6.07, 6.45) is 8.16. The van der Waals surface area contributed by atoms with Crippen molar-refractivity contribution < 1.29 is 9.53 Å². The highest BCUT2D eigenvalue weighted by Crippen LogP contribution is 2.24. The van der Waals surface area contributed by atoms with Gasteiger partial charge >= 0.3 is 0 Å². The number of benzene rings is 2. The number of hydrogen-bond donors (Lipinski definition) is 0. The summed E-state index contributed by atoms with van der Waals surface area (Å²) in [7, 11) is 0. The zero-order valence-electron chi connectivity index (χ0n) is 19.6. The minimum absolute atomic E-state index is 0.170. The predicted octanol–water partition coefficient (Wildman–Crippen LogP) is 3.63. The normalized spacial score (nSPS) is 16.7. The van der Waals surface area contributed by atoms with Crippen LogP contribution in [0.15, 0.2) is 78.8 Å². The SMILES string of the molecule is CC(=O)N1CCN(CCn2ncc3cc(N4C=CC(OCc5ccccc5)=CC4)ccc32)CC1. The van der Waals surface area contributed by atoms with Gasteiger partial charge < -0.3 is 14.5 Å². The second-order valence-electron chi connectivity index (χ2n) is 8.81. The third kappa shape index (κ3) is 5.15. The smallest absolute Gasteiger partial charge is 0.219 e. The Morgan fingerprint density at radius 2 is 1.85 bits per heavy atom. The van der Waals surface area contributed by atoms with Crippen LogP contribution in [0.1, 0.15) is 12.5 Å². The van der Waals surface area contributed by atoms with Gasteiger partial charge in [0.15, 0.2) is 0 Å². The van der Waals surface area contributed by atoms with Gasteiger partial charge in [-0.05, 0) is 35.9 Å². The van der Waals surface area contributed by atoms with E-state index in [0.29, 0.717) is 6.61 Å². The summed E-state index contributed by atoms with van der Waals surface area (Å²) in [6.45, 7) is 8.26. The number of carbonyl (C=O) groups is 1. The Morgan fingerprint density at radius 3 is 2.59 bits per heavy atom. The number of ether oxygens (including phenoxy) is 1. The Labute approximate surface area is 200 Å². The van der Waals surface area contributed by atoms with Gasteiger partial charge in [-0.15, -0.1) is 0 Å². The minimum Gasteiger partial charge on any atom is -0.489 e. The van der Waals surface area contributed by atoms with E-state index in [4.69, 9.17) is 4.74 Å². The largest absolute Gasteiger partial charge is 0.489 e. The molecule has 1 amide bonds. The lowest BCUT2D eigenvalue weighted by Crippen LogP contribution is -2.48. The van der Waals surface area contributed by atoms with Crippen molar-refractivity contribution in [3.63, 3.8) is 0 Å². The van der Waals surface area contributed by atoms with Crippen LogP contribution in [0.25, 0.3) is 10.9 Å². The fraction of sp³-hybridized carbons (Fsp3) is 0.333. The number of aromatic nitrogens is 2. The van der Waals surface area contributed by atoms with Crippen LogP contribution in [-0.4, -0.2) is 64.8 Å². The summed E-state index contributed by atoms with van der Waals surface area (Å²) >= 11 is 0. The highest BCUT2D eigenvalue weighted by Gasteiger charge is 2.18. The first-order valence-electron chi connectivity index (χ1n) is 11.9. The van der Waals surface area contributed by atoms with Gasteiger partial charge in [-0.1, -0.05) is 30.3 Å². The molecule has 2 aliphatic heterocycles. The molecule has 3 heterocycles. The summed E-state index contributed by atoms with van der Waals surface area (Å²) in [5, 5.41) is 5.77. The number of hydrogen-bond acceptors (Lipinski definition) is 5. The van der Waals surface area contributed by atoms with Crippen LogP contribution in [0.4, 0.5) is 5.69 Å². The summed E-state index contributed by atoms with van der Waals surface area (Å²) < 4.78 is 8.01.